The van der Waals surface area contributed by atoms with Crippen molar-refractivity contribution in [3.63, 3.8) is 0 Å². The maximum absolute atomic E-state index is 11.0. The van der Waals surface area contributed by atoms with Crippen LogP contribution in [0.15, 0.2) is 23.0 Å². The van der Waals surface area contributed by atoms with Crippen LogP contribution in [0.1, 0.15) is 18.0 Å². The van der Waals surface area contributed by atoms with Gasteiger partial charge in [0.1, 0.15) is 0 Å². The fourth-order valence-electron chi connectivity index (χ4n) is 1.62. The second-order valence-electron chi connectivity index (χ2n) is 3.66. The Hall–Kier alpha value is -2.08. The molecule has 1 amide bonds. The molecule has 0 aliphatic carbocycles. The second-order valence-corrected chi connectivity index (χ2v) is 3.66. The van der Waals surface area contributed by atoms with Crippen LogP contribution >= 0.6 is 0 Å². The molecule has 6 heteroatoms. The molecule has 2 aromatic rings. The van der Waals surface area contributed by atoms with Crippen LogP contribution in [0.25, 0.3) is 11.0 Å². The maximum atomic E-state index is 11.0. The van der Waals surface area contributed by atoms with Crippen molar-refractivity contribution in [2.75, 3.05) is 0 Å². The molecule has 84 valence electrons. The van der Waals surface area contributed by atoms with Crippen molar-refractivity contribution in [1.82, 2.24) is 9.97 Å². The van der Waals surface area contributed by atoms with Gasteiger partial charge in [-0.05, 0) is 17.7 Å². The number of rotatable bonds is 3. The molecule has 0 fully saturated rings. The number of nitrogens with two attached hydrogens (primary N) is 2. The molecule has 0 saturated carbocycles. The summed E-state index contributed by atoms with van der Waals surface area (Å²) in [5, 5.41) is 0. The summed E-state index contributed by atoms with van der Waals surface area (Å²) in [4.78, 5) is 27.0. The summed E-state index contributed by atoms with van der Waals surface area (Å²) in [6, 6.07) is 4.80. The lowest BCUT2D eigenvalue weighted by Crippen LogP contribution is -2.20. The molecule has 16 heavy (non-hydrogen) atoms. The van der Waals surface area contributed by atoms with Gasteiger partial charge in [-0.1, -0.05) is 6.07 Å². The molecule has 1 atom stereocenters. The highest BCUT2D eigenvalue weighted by Gasteiger charge is 2.10. The zero-order valence-electron chi connectivity index (χ0n) is 8.49. The Balaban J connectivity index is 2.38. The zero-order chi connectivity index (χ0) is 11.7. The van der Waals surface area contributed by atoms with Crippen LogP contribution in [0.4, 0.5) is 0 Å². The van der Waals surface area contributed by atoms with Crippen molar-refractivity contribution in [3.05, 3.63) is 34.2 Å². The first kappa shape index (κ1) is 10.4. The number of hydrogen-bond acceptors (Lipinski definition) is 3. The van der Waals surface area contributed by atoms with Crippen LogP contribution in [-0.4, -0.2) is 15.9 Å². The molecule has 0 aliphatic rings. The topological polar surface area (TPSA) is 118 Å². The van der Waals surface area contributed by atoms with Crippen molar-refractivity contribution in [3.8, 4) is 0 Å². The van der Waals surface area contributed by atoms with Gasteiger partial charge in [-0.25, -0.2) is 4.79 Å². The van der Waals surface area contributed by atoms with E-state index in [0.717, 1.165) is 5.56 Å². The quantitative estimate of drug-likeness (QED) is 0.570. The Kier molecular flexibility index (Phi) is 2.49. The molecule has 1 aromatic heterocycles. The first-order valence-electron chi connectivity index (χ1n) is 4.82. The number of imidazole rings is 1. The predicted molar refractivity (Wildman–Crippen MR) is 59.7 cm³/mol. The van der Waals surface area contributed by atoms with E-state index in [1.54, 1.807) is 18.2 Å². The van der Waals surface area contributed by atoms with Crippen LogP contribution in [0.5, 0.6) is 0 Å². The molecule has 2 rings (SSSR count). The van der Waals surface area contributed by atoms with Gasteiger partial charge in [-0.3, -0.25) is 4.79 Å². The Bertz CT molecular complexity index is 584. The summed E-state index contributed by atoms with van der Waals surface area (Å²) < 4.78 is 0. The van der Waals surface area contributed by atoms with Gasteiger partial charge < -0.3 is 21.4 Å². The molecule has 1 aromatic carbocycles. The fourth-order valence-corrected chi connectivity index (χ4v) is 1.62. The van der Waals surface area contributed by atoms with E-state index in [9.17, 15) is 9.59 Å². The van der Waals surface area contributed by atoms with E-state index in [1.165, 1.54) is 0 Å². The Morgan fingerprint density at radius 2 is 2.00 bits per heavy atom. The maximum Gasteiger partial charge on any atom is 0.323 e. The molecule has 0 radical (unpaired) electrons. The summed E-state index contributed by atoms with van der Waals surface area (Å²) in [5.41, 5.74) is 12.7. The first-order valence-corrected chi connectivity index (χ1v) is 4.82. The van der Waals surface area contributed by atoms with Crippen LogP contribution in [0.2, 0.25) is 0 Å². The smallest absolute Gasteiger partial charge is 0.323 e. The monoisotopic (exact) mass is 220 g/mol. The normalized spacial score (nSPS) is 12.8. The molecule has 0 spiro atoms. The van der Waals surface area contributed by atoms with Crippen molar-refractivity contribution in [2.45, 2.75) is 12.5 Å². The summed E-state index contributed by atoms with van der Waals surface area (Å²) in [7, 11) is 0. The minimum atomic E-state index is -0.449. The summed E-state index contributed by atoms with van der Waals surface area (Å²) in [6.07, 6.45) is 0.0835. The first-order chi connectivity index (χ1) is 7.56. The number of fused-ring (bicyclic) bond motifs is 1. The van der Waals surface area contributed by atoms with Gasteiger partial charge in [0.2, 0.25) is 5.91 Å². The largest absolute Gasteiger partial charge is 0.370 e. The number of aromatic amines is 2. The number of primary amides is 1. The number of nitrogens with one attached hydrogen (secondary N) is 2. The van der Waals surface area contributed by atoms with Gasteiger partial charge >= 0.3 is 5.69 Å². The molecule has 0 bridgehead atoms. The number of hydrogen-bond donors (Lipinski definition) is 4. The van der Waals surface area contributed by atoms with Crippen molar-refractivity contribution < 1.29 is 4.79 Å². The number of carbonyl (C=O) groups is 1. The van der Waals surface area contributed by atoms with Gasteiger partial charge in [0.25, 0.3) is 0 Å². The Morgan fingerprint density at radius 1 is 1.31 bits per heavy atom. The standard InChI is InChI=1S/C10H12N4O2/c11-6(4-9(12)15)5-1-2-7-8(3-5)14-10(16)13-7/h1-3,6H,4,11H2,(H2,12,15)(H2,13,14,16). The van der Waals surface area contributed by atoms with Crippen molar-refractivity contribution in [2.24, 2.45) is 11.5 Å². The molecule has 6 N–H and O–H groups in total. The number of benzene rings is 1. The number of amides is 1. The van der Waals surface area contributed by atoms with Gasteiger partial charge in [0.05, 0.1) is 11.0 Å². The van der Waals surface area contributed by atoms with Crippen molar-refractivity contribution >= 4 is 16.9 Å². The summed E-state index contributed by atoms with van der Waals surface area (Å²) in [6.45, 7) is 0. The molecule has 1 unspecified atom stereocenters. The summed E-state index contributed by atoms with van der Waals surface area (Å²) >= 11 is 0. The lowest BCUT2D eigenvalue weighted by Gasteiger charge is -2.09. The zero-order valence-corrected chi connectivity index (χ0v) is 8.49. The minimum absolute atomic E-state index is 0.0835. The third kappa shape index (κ3) is 1.96. The lowest BCUT2D eigenvalue weighted by atomic mass is 10.0. The highest BCUT2D eigenvalue weighted by molar-refractivity contribution is 5.77. The Labute approximate surface area is 90.6 Å². The Morgan fingerprint density at radius 3 is 2.69 bits per heavy atom. The SMILES string of the molecule is NC(=O)CC(N)c1ccc2[nH]c(=O)[nH]c2c1. The predicted octanol–water partition coefficient (Wildman–Crippen LogP) is -0.269. The fraction of sp³-hybridized carbons (Fsp3) is 0.200. The van der Waals surface area contributed by atoms with Crippen LogP contribution in [0.3, 0.4) is 0 Å². The van der Waals surface area contributed by atoms with Gasteiger partial charge in [0.15, 0.2) is 0 Å². The van der Waals surface area contributed by atoms with Crippen LogP contribution in [-0.2, 0) is 4.79 Å². The van der Waals surface area contributed by atoms with E-state index in [-0.39, 0.29) is 12.1 Å². The highest BCUT2D eigenvalue weighted by atomic mass is 16.1. The van der Waals surface area contributed by atoms with Gasteiger partial charge in [0, 0.05) is 12.5 Å². The van der Waals surface area contributed by atoms with E-state index >= 15 is 0 Å². The van der Waals surface area contributed by atoms with E-state index in [2.05, 4.69) is 9.97 Å². The second kappa shape index (κ2) is 3.82. The minimum Gasteiger partial charge on any atom is -0.370 e. The molecular formula is C10H12N4O2. The highest BCUT2D eigenvalue weighted by Crippen LogP contribution is 2.17. The molecule has 0 aliphatic heterocycles. The summed E-state index contributed by atoms with van der Waals surface area (Å²) in [5.74, 6) is -0.449. The van der Waals surface area contributed by atoms with E-state index in [4.69, 9.17) is 11.5 Å². The lowest BCUT2D eigenvalue weighted by molar-refractivity contribution is -0.118. The van der Waals surface area contributed by atoms with Crippen LogP contribution in [0, 0.1) is 0 Å². The molecule has 0 saturated heterocycles. The van der Waals surface area contributed by atoms with E-state index < -0.39 is 11.9 Å². The molecular weight excluding hydrogens is 208 g/mol. The average Bonchev–Trinajstić information content (AvgIpc) is 2.55. The number of aromatic nitrogens is 2. The van der Waals surface area contributed by atoms with Crippen LogP contribution < -0.4 is 17.2 Å². The number of carbonyl (C=O) groups excluding carboxylic acids is 1. The van der Waals surface area contributed by atoms with Gasteiger partial charge in [-0.2, -0.15) is 0 Å². The molecule has 6 nitrogen and oxygen atoms in total. The van der Waals surface area contributed by atoms with E-state index in [0.29, 0.717) is 11.0 Å². The van der Waals surface area contributed by atoms with E-state index in [1.807, 2.05) is 0 Å². The van der Waals surface area contributed by atoms with Gasteiger partial charge in [-0.15, -0.1) is 0 Å². The molecule has 1 heterocycles. The average molecular weight is 220 g/mol. The third-order valence-electron chi connectivity index (χ3n) is 2.39. The third-order valence-corrected chi connectivity index (χ3v) is 2.39. The number of H-pyrrole nitrogens is 2. The van der Waals surface area contributed by atoms with Crippen molar-refractivity contribution in [1.29, 1.82) is 0 Å².